The Morgan fingerprint density at radius 1 is 1.23 bits per heavy atom. The van der Waals surface area contributed by atoms with E-state index in [1.807, 2.05) is 48.2 Å². The number of carbonyl (C=O) groups is 1. The smallest absolute Gasteiger partial charge is 0.247 e. The molecule has 3 rings (SSSR count). The van der Waals surface area contributed by atoms with Crippen LogP contribution in [0.25, 0.3) is 6.08 Å². The molecule has 0 radical (unpaired) electrons. The van der Waals surface area contributed by atoms with Gasteiger partial charge in [0, 0.05) is 12.6 Å². The second-order valence-electron chi connectivity index (χ2n) is 6.26. The number of hydrogen-bond donors (Lipinski definition) is 0. The summed E-state index contributed by atoms with van der Waals surface area (Å²) in [4.78, 5) is 14.6. The second kappa shape index (κ2) is 8.35. The van der Waals surface area contributed by atoms with E-state index < -0.39 is 0 Å². The first kappa shape index (κ1) is 17.8. The number of benzene rings is 2. The molecule has 0 spiro atoms. The van der Waals surface area contributed by atoms with Crippen LogP contribution >= 0.6 is 0 Å². The van der Waals surface area contributed by atoms with E-state index in [1.165, 1.54) is 0 Å². The molecule has 4 heteroatoms. The zero-order chi connectivity index (χ0) is 18.4. The minimum absolute atomic E-state index is 0.0192. The maximum absolute atomic E-state index is 12.7. The van der Waals surface area contributed by atoms with Gasteiger partial charge in [0.2, 0.25) is 5.91 Å². The van der Waals surface area contributed by atoms with E-state index in [0.717, 1.165) is 36.3 Å². The Balaban J connectivity index is 1.69. The summed E-state index contributed by atoms with van der Waals surface area (Å²) in [5.74, 6) is 0.874. The van der Waals surface area contributed by atoms with Crippen LogP contribution in [0.5, 0.6) is 5.75 Å². The predicted octanol–water partition coefficient (Wildman–Crippen LogP) is 4.33. The van der Waals surface area contributed by atoms with Crippen molar-refractivity contribution < 1.29 is 9.53 Å². The van der Waals surface area contributed by atoms with Gasteiger partial charge in [0.05, 0.1) is 24.3 Å². The lowest BCUT2D eigenvalue weighted by Crippen LogP contribution is -2.28. The van der Waals surface area contributed by atoms with Gasteiger partial charge in [-0.25, -0.2) is 0 Å². The average Bonchev–Trinajstić information content (AvgIpc) is 3.17. The summed E-state index contributed by atoms with van der Waals surface area (Å²) in [5.41, 5.74) is 2.67. The molecule has 1 unspecified atom stereocenters. The van der Waals surface area contributed by atoms with Gasteiger partial charge in [-0.05, 0) is 61.2 Å². The molecule has 1 aliphatic heterocycles. The van der Waals surface area contributed by atoms with Gasteiger partial charge < -0.3 is 9.64 Å². The van der Waals surface area contributed by atoms with Gasteiger partial charge in [-0.1, -0.05) is 24.3 Å². The van der Waals surface area contributed by atoms with Crippen molar-refractivity contribution in [2.24, 2.45) is 0 Å². The third-order valence-electron chi connectivity index (χ3n) is 4.57. The number of carbonyl (C=O) groups excluding carboxylic acids is 1. The molecular weight excluding hydrogens is 324 g/mol. The van der Waals surface area contributed by atoms with Crippen molar-refractivity contribution in [2.45, 2.75) is 25.8 Å². The molecule has 0 aliphatic carbocycles. The van der Waals surface area contributed by atoms with Crippen molar-refractivity contribution in [3.05, 3.63) is 71.3 Å². The third-order valence-corrected chi connectivity index (χ3v) is 4.57. The van der Waals surface area contributed by atoms with Crippen LogP contribution in [0, 0.1) is 11.3 Å². The topological polar surface area (TPSA) is 53.3 Å². The first-order chi connectivity index (χ1) is 12.7. The van der Waals surface area contributed by atoms with E-state index >= 15 is 0 Å². The van der Waals surface area contributed by atoms with Crippen LogP contribution in [0.3, 0.4) is 0 Å². The lowest BCUT2D eigenvalue weighted by molar-refractivity contribution is -0.126. The summed E-state index contributed by atoms with van der Waals surface area (Å²) in [5, 5.41) is 8.84. The highest BCUT2D eigenvalue weighted by atomic mass is 16.5. The second-order valence-corrected chi connectivity index (χ2v) is 6.26. The van der Waals surface area contributed by atoms with Gasteiger partial charge in [0.1, 0.15) is 5.75 Å². The summed E-state index contributed by atoms with van der Waals surface area (Å²) in [6.07, 6.45) is 5.41. The molecule has 26 heavy (non-hydrogen) atoms. The molecule has 1 fully saturated rings. The molecule has 2 aromatic rings. The molecule has 132 valence electrons. The number of nitriles is 1. The zero-order valence-corrected chi connectivity index (χ0v) is 14.9. The number of ether oxygens (including phenoxy) is 1. The predicted molar refractivity (Wildman–Crippen MR) is 101 cm³/mol. The molecule has 1 amide bonds. The zero-order valence-electron chi connectivity index (χ0n) is 14.9. The average molecular weight is 346 g/mol. The summed E-state index contributed by atoms with van der Waals surface area (Å²) in [6.45, 7) is 3.38. The maximum Gasteiger partial charge on any atom is 0.247 e. The van der Waals surface area contributed by atoms with Crippen molar-refractivity contribution in [1.29, 1.82) is 5.26 Å². The SMILES string of the molecule is CCOc1ccc(C2CCCN2C(=O)C=Cc2ccc(C#N)cc2)cc1. The fraction of sp³-hybridized carbons (Fsp3) is 0.273. The Morgan fingerprint density at radius 3 is 2.62 bits per heavy atom. The molecule has 0 N–H and O–H groups in total. The third kappa shape index (κ3) is 4.12. The first-order valence-electron chi connectivity index (χ1n) is 8.93. The fourth-order valence-electron chi connectivity index (χ4n) is 3.26. The molecule has 2 aromatic carbocycles. The highest BCUT2D eigenvalue weighted by molar-refractivity contribution is 5.92. The highest BCUT2D eigenvalue weighted by Crippen LogP contribution is 2.33. The van der Waals surface area contributed by atoms with E-state index in [9.17, 15) is 4.79 Å². The van der Waals surface area contributed by atoms with Crippen LogP contribution in [0.2, 0.25) is 0 Å². The van der Waals surface area contributed by atoms with Gasteiger partial charge in [-0.2, -0.15) is 5.26 Å². The Kier molecular flexibility index (Phi) is 5.70. The summed E-state index contributed by atoms with van der Waals surface area (Å²) in [6, 6.07) is 17.4. The number of nitrogens with zero attached hydrogens (tertiary/aromatic N) is 2. The summed E-state index contributed by atoms with van der Waals surface area (Å²) < 4.78 is 5.49. The van der Waals surface area contributed by atoms with Crippen molar-refractivity contribution in [3.8, 4) is 11.8 Å². The Bertz CT molecular complexity index is 817. The largest absolute Gasteiger partial charge is 0.494 e. The number of amides is 1. The van der Waals surface area contributed by atoms with Gasteiger partial charge in [-0.15, -0.1) is 0 Å². The monoisotopic (exact) mass is 346 g/mol. The van der Waals surface area contributed by atoms with Crippen LogP contribution in [0.4, 0.5) is 0 Å². The standard InChI is InChI=1S/C22H22N2O2/c1-2-26-20-12-10-19(11-13-20)21-4-3-15-24(21)22(25)14-9-17-5-7-18(16-23)8-6-17/h5-14,21H,2-4,15H2,1H3. The van der Waals surface area contributed by atoms with E-state index in [2.05, 4.69) is 6.07 Å². The Labute approximate surface area is 154 Å². The fourth-order valence-corrected chi connectivity index (χ4v) is 3.26. The van der Waals surface area contributed by atoms with Gasteiger partial charge >= 0.3 is 0 Å². The minimum atomic E-state index is 0.0192. The van der Waals surface area contributed by atoms with Crippen molar-refractivity contribution in [1.82, 2.24) is 4.90 Å². The van der Waals surface area contributed by atoms with E-state index in [1.54, 1.807) is 24.3 Å². The van der Waals surface area contributed by atoms with E-state index in [-0.39, 0.29) is 11.9 Å². The molecule has 1 aliphatic rings. The van der Waals surface area contributed by atoms with Crippen molar-refractivity contribution in [2.75, 3.05) is 13.2 Å². The Hall–Kier alpha value is -3.06. The first-order valence-corrected chi connectivity index (χ1v) is 8.93. The summed E-state index contributed by atoms with van der Waals surface area (Å²) in [7, 11) is 0. The Morgan fingerprint density at radius 2 is 1.96 bits per heavy atom. The molecule has 0 bridgehead atoms. The molecular formula is C22H22N2O2. The van der Waals surface area contributed by atoms with Gasteiger partial charge in [-0.3, -0.25) is 4.79 Å². The van der Waals surface area contributed by atoms with Crippen LogP contribution in [-0.2, 0) is 4.79 Å². The molecule has 1 saturated heterocycles. The number of rotatable bonds is 5. The quantitative estimate of drug-likeness (QED) is 0.757. The van der Waals surface area contributed by atoms with E-state index in [4.69, 9.17) is 10.00 Å². The highest BCUT2D eigenvalue weighted by Gasteiger charge is 2.28. The maximum atomic E-state index is 12.7. The van der Waals surface area contributed by atoms with Crippen LogP contribution in [-0.4, -0.2) is 24.0 Å². The van der Waals surface area contributed by atoms with Crippen LogP contribution < -0.4 is 4.74 Å². The molecule has 1 heterocycles. The van der Waals surface area contributed by atoms with Crippen molar-refractivity contribution >= 4 is 12.0 Å². The molecule has 4 nitrogen and oxygen atoms in total. The lowest BCUT2D eigenvalue weighted by Gasteiger charge is -2.24. The number of likely N-dealkylation sites (tertiary alicyclic amines) is 1. The molecule has 1 atom stereocenters. The van der Waals surface area contributed by atoms with Crippen molar-refractivity contribution in [3.63, 3.8) is 0 Å². The lowest BCUT2D eigenvalue weighted by atomic mass is 10.0. The summed E-state index contributed by atoms with van der Waals surface area (Å²) >= 11 is 0. The van der Waals surface area contributed by atoms with Crippen LogP contribution in [0.1, 0.15) is 42.5 Å². The number of hydrogen-bond acceptors (Lipinski definition) is 3. The minimum Gasteiger partial charge on any atom is -0.494 e. The van der Waals surface area contributed by atoms with Crippen LogP contribution in [0.15, 0.2) is 54.6 Å². The van der Waals surface area contributed by atoms with Gasteiger partial charge in [0.15, 0.2) is 0 Å². The van der Waals surface area contributed by atoms with E-state index in [0.29, 0.717) is 12.2 Å². The molecule has 0 saturated carbocycles. The normalized spacial score (nSPS) is 16.6. The van der Waals surface area contributed by atoms with Gasteiger partial charge in [0.25, 0.3) is 0 Å². The molecule has 0 aromatic heterocycles.